The van der Waals surface area contributed by atoms with Crippen molar-refractivity contribution < 1.29 is 33.8 Å². The first-order chi connectivity index (χ1) is 16.3. The van der Waals surface area contributed by atoms with Gasteiger partial charge in [-0.05, 0) is 55.6 Å². The van der Waals surface area contributed by atoms with E-state index in [9.17, 15) is 24.3 Å². The molecule has 3 fully saturated rings. The first-order valence-corrected chi connectivity index (χ1v) is 12.8. The molecule has 1 N–H and O–H groups in total. The largest absolute Gasteiger partial charge is 0.458 e. The summed E-state index contributed by atoms with van der Waals surface area (Å²) in [6.45, 7) is 10.4. The Labute approximate surface area is 207 Å². The molecule has 192 valence electrons. The highest BCUT2D eigenvalue weighted by Gasteiger charge is 2.70. The fourth-order valence-corrected chi connectivity index (χ4v) is 7.99. The van der Waals surface area contributed by atoms with Crippen LogP contribution < -0.4 is 0 Å². The maximum absolute atomic E-state index is 13.7. The maximum Gasteiger partial charge on any atom is 0.309 e. The molecule has 0 aromatic heterocycles. The van der Waals surface area contributed by atoms with E-state index in [1.807, 2.05) is 13.0 Å². The van der Waals surface area contributed by atoms with Crippen molar-refractivity contribution in [2.45, 2.75) is 78.9 Å². The van der Waals surface area contributed by atoms with Crippen molar-refractivity contribution in [2.24, 2.45) is 40.4 Å². The minimum absolute atomic E-state index is 0.0190. The van der Waals surface area contributed by atoms with Crippen LogP contribution in [0.5, 0.6) is 0 Å². The smallest absolute Gasteiger partial charge is 0.309 e. The molecule has 0 amide bonds. The Hall–Kier alpha value is -2.28. The van der Waals surface area contributed by atoms with Crippen molar-refractivity contribution in [3.63, 3.8) is 0 Å². The lowest BCUT2D eigenvalue weighted by atomic mass is 9.44. The summed E-state index contributed by atoms with van der Waals surface area (Å²) in [6, 6.07) is 0. The quantitative estimate of drug-likeness (QED) is 0.592. The first kappa shape index (κ1) is 25.8. The van der Waals surface area contributed by atoms with Gasteiger partial charge in [-0.1, -0.05) is 46.3 Å². The van der Waals surface area contributed by atoms with Gasteiger partial charge in [-0.3, -0.25) is 19.2 Å². The van der Waals surface area contributed by atoms with E-state index >= 15 is 0 Å². The van der Waals surface area contributed by atoms with Gasteiger partial charge in [-0.2, -0.15) is 0 Å². The van der Waals surface area contributed by atoms with Gasteiger partial charge >= 0.3 is 11.9 Å². The second-order valence-corrected chi connectivity index (χ2v) is 11.9. The number of ether oxygens (including phenoxy) is 2. The van der Waals surface area contributed by atoms with Crippen molar-refractivity contribution in [2.75, 3.05) is 6.61 Å². The van der Waals surface area contributed by atoms with Gasteiger partial charge in [0.1, 0.15) is 0 Å². The highest BCUT2D eigenvalue weighted by Crippen LogP contribution is 2.68. The number of Topliss-reactive ketones (excluding diaryl/α,β-unsaturated/α-hetero) is 1. The number of carbonyl (C=O) groups excluding carboxylic acids is 4. The van der Waals surface area contributed by atoms with E-state index in [2.05, 4.69) is 13.8 Å². The van der Waals surface area contributed by atoms with Crippen molar-refractivity contribution in [3.8, 4) is 0 Å². The Morgan fingerprint density at radius 2 is 1.91 bits per heavy atom. The number of ketones is 2. The highest BCUT2D eigenvalue weighted by atomic mass is 16.6. The van der Waals surface area contributed by atoms with Crippen LogP contribution in [0.3, 0.4) is 0 Å². The number of aliphatic hydroxyl groups is 1. The molecule has 0 spiro atoms. The SMILES string of the molecule is CC(=O)OCC(=O)[C@@]1(OC(=O)C(C)C)CC[C@H]2[C@@H]3CC(C)C4=CC(=O)C=C[C@]4(C)[C@H]3C(O)C[C@@]21C. The summed E-state index contributed by atoms with van der Waals surface area (Å²) in [6.07, 6.45) is 6.62. The van der Waals surface area contributed by atoms with Gasteiger partial charge in [-0.15, -0.1) is 0 Å². The van der Waals surface area contributed by atoms with Crippen molar-refractivity contribution in [1.82, 2.24) is 0 Å². The monoisotopic (exact) mass is 486 g/mol. The third-order valence-electron chi connectivity index (χ3n) is 9.54. The fourth-order valence-electron chi connectivity index (χ4n) is 7.99. The van der Waals surface area contributed by atoms with E-state index in [1.165, 1.54) is 6.92 Å². The molecule has 0 heterocycles. The van der Waals surface area contributed by atoms with Gasteiger partial charge in [-0.25, -0.2) is 0 Å². The highest BCUT2D eigenvalue weighted by molar-refractivity contribution is 6.01. The van der Waals surface area contributed by atoms with Crippen molar-refractivity contribution in [1.29, 1.82) is 0 Å². The van der Waals surface area contributed by atoms with Crippen LogP contribution in [0.2, 0.25) is 0 Å². The second-order valence-electron chi connectivity index (χ2n) is 11.9. The molecule has 3 saturated carbocycles. The normalized spacial score (nSPS) is 42.0. The lowest BCUT2D eigenvalue weighted by Gasteiger charge is -2.61. The second kappa shape index (κ2) is 8.68. The van der Waals surface area contributed by atoms with Crippen molar-refractivity contribution in [3.05, 3.63) is 23.8 Å². The number of fused-ring (bicyclic) bond motifs is 5. The zero-order chi connectivity index (χ0) is 25.9. The summed E-state index contributed by atoms with van der Waals surface area (Å²) < 4.78 is 11.1. The lowest BCUT2D eigenvalue weighted by molar-refractivity contribution is -0.204. The predicted octanol–water partition coefficient (Wildman–Crippen LogP) is 3.58. The average Bonchev–Trinajstić information content (AvgIpc) is 3.05. The molecule has 0 bridgehead atoms. The zero-order valence-electron chi connectivity index (χ0n) is 21.6. The Balaban J connectivity index is 1.76. The summed E-state index contributed by atoms with van der Waals surface area (Å²) in [5.74, 6) is -1.75. The first-order valence-electron chi connectivity index (χ1n) is 12.8. The van der Waals surface area contributed by atoms with Crippen LogP contribution >= 0.6 is 0 Å². The van der Waals surface area contributed by atoms with Gasteiger partial charge in [0.15, 0.2) is 18.0 Å². The van der Waals surface area contributed by atoms with Crippen LogP contribution in [0.4, 0.5) is 0 Å². The standard InChI is InChI=1S/C28H38O7/c1-15(2)25(33)35-28(23(32)14-34-17(4)29)10-8-20-19-11-16(3)21-12-18(30)7-9-26(21,5)24(19)22(31)13-27(20,28)6/h7,9,12,15-16,19-20,22,24,31H,8,10-11,13-14H2,1-6H3/t16?,19-,20-,22?,24+,26-,27-,28-/m0/s1. The molecule has 4 aliphatic rings. The third-order valence-corrected chi connectivity index (χ3v) is 9.54. The number of hydrogen-bond acceptors (Lipinski definition) is 7. The van der Waals surface area contributed by atoms with Gasteiger partial charge in [0, 0.05) is 23.7 Å². The molecule has 0 aromatic carbocycles. The van der Waals surface area contributed by atoms with Gasteiger partial charge in [0.2, 0.25) is 5.78 Å². The number of aliphatic hydroxyl groups excluding tert-OH is 1. The summed E-state index contributed by atoms with van der Waals surface area (Å²) in [7, 11) is 0. The van der Waals surface area contributed by atoms with Crippen LogP contribution in [0.1, 0.15) is 67.2 Å². The predicted molar refractivity (Wildman–Crippen MR) is 128 cm³/mol. The molecular weight excluding hydrogens is 448 g/mol. The molecule has 4 aliphatic carbocycles. The van der Waals surface area contributed by atoms with Crippen LogP contribution in [-0.2, 0) is 28.7 Å². The minimum Gasteiger partial charge on any atom is -0.458 e. The number of hydrogen-bond donors (Lipinski definition) is 1. The Morgan fingerprint density at radius 3 is 2.54 bits per heavy atom. The van der Waals surface area contributed by atoms with Gasteiger partial charge < -0.3 is 14.6 Å². The Morgan fingerprint density at radius 1 is 1.23 bits per heavy atom. The van der Waals surface area contributed by atoms with Gasteiger partial charge in [0.05, 0.1) is 12.0 Å². The van der Waals surface area contributed by atoms with E-state index in [-0.39, 0.29) is 35.9 Å². The van der Waals surface area contributed by atoms with E-state index in [4.69, 9.17) is 9.47 Å². The summed E-state index contributed by atoms with van der Waals surface area (Å²) in [5, 5.41) is 11.7. The summed E-state index contributed by atoms with van der Waals surface area (Å²) in [4.78, 5) is 50.1. The summed E-state index contributed by atoms with van der Waals surface area (Å²) in [5.41, 5.74) is -1.64. The van der Waals surface area contributed by atoms with E-state index in [1.54, 1.807) is 26.0 Å². The molecule has 35 heavy (non-hydrogen) atoms. The van der Waals surface area contributed by atoms with E-state index in [0.29, 0.717) is 12.8 Å². The number of esters is 2. The van der Waals surface area contributed by atoms with E-state index in [0.717, 1.165) is 12.0 Å². The number of carbonyl (C=O) groups is 4. The molecule has 0 aromatic rings. The summed E-state index contributed by atoms with van der Waals surface area (Å²) >= 11 is 0. The molecule has 7 nitrogen and oxygen atoms in total. The zero-order valence-corrected chi connectivity index (χ0v) is 21.6. The molecular formula is C28H38O7. The Kier molecular flexibility index (Phi) is 6.40. The molecule has 2 unspecified atom stereocenters. The number of allylic oxidation sites excluding steroid dienone is 4. The topological polar surface area (TPSA) is 107 Å². The molecule has 7 heteroatoms. The van der Waals surface area contributed by atoms with Crippen LogP contribution in [0.25, 0.3) is 0 Å². The fraction of sp³-hybridized carbons (Fsp3) is 0.714. The lowest BCUT2D eigenvalue weighted by Crippen LogP contribution is -2.63. The number of rotatable bonds is 5. The molecule has 8 atom stereocenters. The maximum atomic E-state index is 13.7. The van der Waals surface area contributed by atoms with Crippen LogP contribution in [0.15, 0.2) is 23.8 Å². The van der Waals surface area contributed by atoms with Crippen LogP contribution in [-0.4, -0.2) is 46.9 Å². The minimum atomic E-state index is -1.46. The molecule has 4 rings (SSSR count). The molecule has 0 saturated heterocycles. The van der Waals surface area contributed by atoms with E-state index < -0.39 is 52.8 Å². The molecule has 0 radical (unpaired) electrons. The third kappa shape index (κ3) is 3.81. The Bertz CT molecular complexity index is 1010. The molecule has 0 aliphatic heterocycles. The van der Waals surface area contributed by atoms with Crippen molar-refractivity contribution >= 4 is 23.5 Å². The average molecular weight is 487 g/mol. The van der Waals surface area contributed by atoms with Crippen LogP contribution in [0, 0.1) is 40.4 Å². The van der Waals surface area contributed by atoms with Gasteiger partial charge in [0.25, 0.3) is 0 Å².